The average molecular weight is 396 g/mol. The van der Waals surface area contributed by atoms with Gasteiger partial charge in [-0.15, -0.1) is 0 Å². The minimum Gasteiger partial charge on any atom is -0.496 e. The monoisotopic (exact) mass is 396 g/mol. The van der Waals surface area contributed by atoms with Gasteiger partial charge in [0.2, 0.25) is 0 Å². The predicted molar refractivity (Wildman–Crippen MR) is 116 cm³/mol. The minimum atomic E-state index is -0.0409. The van der Waals surface area contributed by atoms with Crippen molar-refractivity contribution < 1.29 is 19.0 Å². The van der Waals surface area contributed by atoms with E-state index in [-0.39, 0.29) is 5.78 Å². The summed E-state index contributed by atoms with van der Waals surface area (Å²) in [5, 5.41) is 0. The summed E-state index contributed by atoms with van der Waals surface area (Å²) in [6.45, 7) is 3.06. The molecule has 6 nitrogen and oxygen atoms in total. The Morgan fingerprint density at radius 3 is 2.45 bits per heavy atom. The number of carbonyl (C=O) groups is 1. The van der Waals surface area contributed by atoms with E-state index in [2.05, 4.69) is 0 Å². The van der Waals surface area contributed by atoms with Crippen LogP contribution in [-0.2, 0) is 0 Å². The molecule has 154 valence electrons. The highest BCUT2D eigenvalue weighted by atomic mass is 16.6. The Bertz CT molecular complexity index is 935. The molecule has 6 heteroatoms. The topological polar surface area (TPSA) is 74.0 Å². The normalized spacial score (nSPS) is 13.2. The van der Waals surface area contributed by atoms with Crippen LogP contribution < -0.4 is 24.8 Å². The molecule has 0 unspecified atom stereocenters. The van der Waals surface area contributed by atoms with E-state index < -0.39 is 0 Å². The summed E-state index contributed by atoms with van der Waals surface area (Å²) in [5.41, 5.74) is 9.66. The maximum absolute atomic E-state index is 13.2. The van der Waals surface area contributed by atoms with Crippen LogP contribution in [0.3, 0.4) is 0 Å². The molecule has 1 aliphatic heterocycles. The van der Waals surface area contributed by atoms with Crippen LogP contribution in [-0.4, -0.2) is 40.2 Å². The molecule has 0 saturated carbocycles. The average Bonchev–Trinajstić information content (AvgIpc) is 2.72. The largest absolute Gasteiger partial charge is 0.496 e. The molecule has 0 fully saturated rings. The van der Waals surface area contributed by atoms with E-state index in [1.54, 1.807) is 19.2 Å². The molecule has 0 spiro atoms. The number of nitrogen functional groups attached to an aromatic ring is 1. The summed E-state index contributed by atoms with van der Waals surface area (Å²) < 4.78 is 16.8. The molecule has 0 amide bonds. The third-order valence-corrected chi connectivity index (χ3v) is 4.81. The van der Waals surface area contributed by atoms with Crippen molar-refractivity contribution in [1.82, 2.24) is 0 Å². The molecule has 2 N–H and O–H groups in total. The molecule has 1 heterocycles. The second-order valence-corrected chi connectivity index (χ2v) is 7.15. The van der Waals surface area contributed by atoms with Gasteiger partial charge in [-0.05, 0) is 36.8 Å². The zero-order valence-corrected chi connectivity index (χ0v) is 17.5. The molecule has 29 heavy (non-hydrogen) atoms. The van der Waals surface area contributed by atoms with Gasteiger partial charge in [0.15, 0.2) is 17.3 Å². The van der Waals surface area contributed by atoms with Gasteiger partial charge in [0, 0.05) is 36.9 Å². The van der Waals surface area contributed by atoms with Gasteiger partial charge in [-0.2, -0.15) is 0 Å². The van der Waals surface area contributed by atoms with E-state index in [4.69, 9.17) is 19.9 Å². The van der Waals surface area contributed by atoms with Crippen molar-refractivity contribution in [1.29, 1.82) is 0 Å². The van der Waals surface area contributed by atoms with Crippen molar-refractivity contribution in [2.45, 2.75) is 19.8 Å². The number of ketones is 1. The van der Waals surface area contributed by atoms with E-state index in [1.807, 2.05) is 50.2 Å². The molecule has 3 rings (SSSR count). The molecular weight excluding hydrogens is 368 g/mol. The summed E-state index contributed by atoms with van der Waals surface area (Å²) in [6, 6.07) is 9.09. The van der Waals surface area contributed by atoms with Crippen LogP contribution in [0.2, 0.25) is 0 Å². The number of carbonyl (C=O) groups excluding carboxylic acids is 1. The van der Waals surface area contributed by atoms with Crippen LogP contribution >= 0.6 is 0 Å². The standard InChI is InChI=1S/C23H28N2O4/c1-5-6-15(23(26)16-7-8-19(25(2)3)18(24)12-16)11-17-13-21-22(14-20(17)27-4)29-10-9-28-21/h7-8,11-14H,5-6,9-10,24H2,1-4H3/b15-11+. The fourth-order valence-corrected chi connectivity index (χ4v) is 3.37. The van der Waals surface area contributed by atoms with Crippen molar-refractivity contribution in [3.63, 3.8) is 0 Å². The first-order valence-corrected chi connectivity index (χ1v) is 9.74. The fourth-order valence-electron chi connectivity index (χ4n) is 3.37. The van der Waals surface area contributed by atoms with Crippen LogP contribution in [0.25, 0.3) is 6.08 Å². The Hall–Kier alpha value is -3.15. The van der Waals surface area contributed by atoms with E-state index in [1.165, 1.54) is 0 Å². The summed E-state index contributed by atoms with van der Waals surface area (Å²) >= 11 is 0. The maximum atomic E-state index is 13.2. The number of hydrogen-bond donors (Lipinski definition) is 1. The van der Waals surface area contributed by atoms with Gasteiger partial charge in [-0.3, -0.25) is 4.79 Å². The van der Waals surface area contributed by atoms with E-state index in [0.717, 1.165) is 17.7 Å². The van der Waals surface area contributed by atoms with Gasteiger partial charge in [0.25, 0.3) is 0 Å². The Morgan fingerprint density at radius 2 is 1.86 bits per heavy atom. The lowest BCUT2D eigenvalue weighted by atomic mass is 9.96. The number of methoxy groups -OCH3 is 1. The zero-order chi connectivity index (χ0) is 21.0. The lowest BCUT2D eigenvalue weighted by Crippen LogP contribution is -2.15. The molecule has 0 aromatic heterocycles. The summed E-state index contributed by atoms with van der Waals surface area (Å²) in [4.78, 5) is 15.1. The lowest BCUT2D eigenvalue weighted by Gasteiger charge is -2.20. The van der Waals surface area contributed by atoms with Crippen LogP contribution in [0.5, 0.6) is 17.2 Å². The number of fused-ring (bicyclic) bond motifs is 1. The zero-order valence-electron chi connectivity index (χ0n) is 17.5. The van der Waals surface area contributed by atoms with Gasteiger partial charge in [0.05, 0.1) is 18.5 Å². The number of allylic oxidation sites excluding steroid dienone is 1. The van der Waals surface area contributed by atoms with E-state index >= 15 is 0 Å². The molecule has 2 aromatic carbocycles. The second kappa shape index (κ2) is 8.90. The third kappa shape index (κ3) is 4.47. The Balaban J connectivity index is 2.00. The number of nitrogens with two attached hydrogens (primary N) is 1. The molecule has 2 aromatic rings. The van der Waals surface area contributed by atoms with Gasteiger partial charge < -0.3 is 24.8 Å². The molecule has 0 bridgehead atoms. The number of ether oxygens (including phenoxy) is 3. The Morgan fingerprint density at radius 1 is 1.17 bits per heavy atom. The van der Waals surface area contributed by atoms with E-state index in [0.29, 0.717) is 53.7 Å². The number of Topliss-reactive ketones (excluding diaryl/α,β-unsaturated/α-hetero) is 1. The van der Waals surface area contributed by atoms with Crippen LogP contribution in [0, 0.1) is 0 Å². The Labute approximate surface area is 171 Å². The van der Waals surface area contributed by atoms with Crippen molar-refractivity contribution in [2.24, 2.45) is 0 Å². The number of benzene rings is 2. The highest BCUT2D eigenvalue weighted by Gasteiger charge is 2.18. The molecular formula is C23H28N2O4. The molecule has 0 atom stereocenters. The highest BCUT2D eigenvalue weighted by Crippen LogP contribution is 2.38. The number of rotatable bonds is 7. The number of anilines is 2. The third-order valence-electron chi connectivity index (χ3n) is 4.81. The van der Waals surface area contributed by atoms with E-state index in [9.17, 15) is 4.79 Å². The quantitative estimate of drug-likeness (QED) is 0.430. The van der Waals surface area contributed by atoms with Gasteiger partial charge in [-0.25, -0.2) is 0 Å². The number of hydrogen-bond acceptors (Lipinski definition) is 6. The lowest BCUT2D eigenvalue weighted by molar-refractivity contribution is 0.103. The van der Waals surface area contributed by atoms with Gasteiger partial charge in [-0.1, -0.05) is 13.3 Å². The van der Waals surface area contributed by atoms with Gasteiger partial charge >= 0.3 is 0 Å². The van der Waals surface area contributed by atoms with Crippen molar-refractivity contribution in [2.75, 3.05) is 45.1 Å². The van der Waals surface area contributed by atoms with Crippen molar-refractivity contribution >= 4 is 23.2 Å². The van der Waals surface area contributed by atoms with Crippen molar-refractivity contribution in [3.05, 3.63) is 47.0 Å². The maximum Gasteiger partial charge on any atom is 0.189 e. The van der Waals surface area contributed by atoms with Gasteiger partial charge in [0.1, 0.15) is 19.0 Å². The highest BCUT2D eigenvalue weighted by molar-refractivity contribution is 6.12. The smallest absolute Gasteiger partial charge is 0.189 e. The fraction of sp³-hybridized carbons (Fsp3) is 0.348. The number of nitrogens with zero attached hydrogens (tertiary/aromatic N) is 1. The minimum absolute atomic E-state index is 0.0409. The molecule has 0 aliphatic carbocycles. The molecule has 1 aliphatic rings. The summed E-state index contributed by atoms with van der Waals surface area (Å²) in [7, 11) is 5.44. The SMILES string of the molecule is CCC/C(=C\c1cc2c(cc1OC)OCCO2)C(=O)c1ccc(N(C)C)c(N)c1. The Kier molecular flexibility index (Phi) is 6.32. The molecule has 0 saturated heterocycles. The van der Waals surface area contributed by atoms with Crippen molar-refractivity contribution in [3.8, 4) is 17.2 Å². The molecule has 0 radical (unpaired) electrons. The van der Waals surface area contributed by atoms with Crippen LogP contribution in [0.4, 0.5) is 11.4 Å². The predicted octanol–water partition coefficient (Wildman–Crippen LogP) is 4.18. The van der Waals surface area contributed by atoms with Crippen LogP contribution in [0.1, 0.15) is 35.7 Å². The second-order valence-electron chi connectivity index (χ2n) is 7.15. The first-order valence-electron chi connectivity index (χ1n) is 9.74. The first kappa shape index (κ1) is 20.6. The summed E-state index contributed by atoms with van der Waals surface area (Å²) in [6.07, 6.45) is 3.36. The van der Waals surface area contributed by atoms with Crippen LogP contribution in [0.15, 0.2) is 35.9 Å². The first-order chi connectivity index (χ1) is 13.9. The summed E-state index contributed by atoms with van der Waals surface area (Å²) in [5.74, 6) is 1.91.